The summed E-state index contributed by atoms with van der Waals surface area (Å²) < 4.78 is 10.5. The number of aromatic amines is 1. The Morgan fingerprint density at radius 1 is 1.16 bits per heavy atom. The molecule has 0 radical (unpaired) electrons. The van der Waals surface area contributed by atoms with Crippen LogP contribution in [0, 0.1) is 6.92 Å². The molecule has 0 aliphatic carbocycles. The van der Waals surface area contributed by atoms with Gasteiger partial charge in [-0.25, -0.2) is 14.8 Å². The third kappa shape index (κ3) is 4.25. The molecule has 0 bridgehead atoms. The van der Waals surface area contributed by atoms with Gasteiger partial charge in [0, 0.05) is 11.8 Å². The number of H-pyrrole nitrogens is 1. The largest absolute Gasteiger partial charge is 0.454 e. The summed E-state index contributed by atoms with van der Waals surface area (Å²) in [6, 6.07) is 10.5. The summed E-state index contributed by atoms with van der Waals surface area (Å²) in [5.41, 5.74) is 0.432. The van der Waals surface area contributed by atoms with Crippen molar-refractivity contribution in [1.29, 1.82) is 0 Å². The lowest BCUT2D eigenvalue weighted by molar-refractivity contribution is 0.0458. The molecule has 25 heavy (non-hydrogen) atoms. The van der Waals surface area contributed by atoms with Crippen molar-refractivity contribution >= 4 is 5.97 Å². The quantitative estimate of drug-likeness (QED) is 0.709. The van der Waals surface area contributed by atoms with Gasteiger partial charge in [0.25, 0.3) is 0 Å². The Morgan fingerprint density at radius 2 is 1.96 bits per heavy atom. The van der Waals surface area contributed by atoms with Crippen molar-refractivity contribution in [3.63, 3.8) is 0 Å². The third-order valence-electron chi connectivity index (χ3n) is 3.14. The van der Waals surface area contributed by atoms with Crippen molar-refractivity contribution in [1.82, 2.24) is 20.2 Å². The van der Waals surface area contributed by atoms with E-state index in [1.54, 1.807) is 19.1 Å². The molecule has 0 unspecified atom stereocenters. The Hall–Kier alpha value is -3.55. The van der Waals surface area contributed by atoms with Crippen molar-refractivity contribution in [2.24, 2.45) is 0 Å². The second-order valence-electron chi connectivity index (χ2n) is 5.09. The molecular formula is C17H14N4O4. The second kappa shape index (κ2) is 7.35. The first-order valence-corrected chi connectivity index (χ1v) is 7.39. The molecule has 0 amide bonds. The topological polar surface area (TPSA) is 107 Å². The fourth-order valence-corrected chi connectivity index (χ4v) is 1.92. The lowest BCUT2D eigenvalue weighted by Gasteiger charge is -2.05. The highest BCUT2D eigenvalue weighted by Crippen LogP contribution is 2.17. The Balaban J connectivity index is 1.61. The van der Waals surface area contributed by atoms with Crippen molar-refractivity contribution in [3.05, 3.63) is 76.1 Å². The lowest BCUT2D eigenvalue weighted by Crippen LogP contribution is -2.16. The van der Waals surface area contributed by atoms with Crippen molar-refractivity contribution in [2.75, 3.05) is 0 Å². The number of nitrogens with zero attached hydrogens (tertiary/aromatic N) is 3. The minimum atomic E-state index is -0.708. The van der Waals surface area contributed by atoms with E-state index in [4.69, 9.17) is 9.47 Å². The molecule has 2 aromatic heterocycles. The summed E-state index contributed by atoms with van der Waals surface area (Å²) in [5, 5.41) is 6.48. The SMILES string of the molecule is Cc1cc(=O)c(COC(=O)c2cnc(Oc3ccccc3)cn2)n[nH]1. The molecule has 2 heterocycles. The van der Waals surface area contributed by atoms with Crippen LogP contribution in [0.2, 0.25) is 0 Å². The summed E-state index contributed by atoms with van der Waals surface area (Å²) in [6.45, 7) is 1.46. The average molecular weight is 338 g/mol. The first-order chi connectivity index (χ1) is 12.1. The first-order valence-electron chi connectivity index (χ1n) is 7.39. The van der Waals surface area contributed by atoms with Gasteiger partial charge in [-0.2, -0.15) is 5.10 Å². The van der Waals surface area contributed by atoms with Crippen LogP contribution in [-0.2, 0) is 11.3 Å². The van der Waals surface area contributed by atoms with Crippen molar-refractivity contribution < 1.29 is 14.3 Å². The monoisotopic (exact) mass is 338 g/mol. The molecule has 0 saturated carbocycles. The van der Waals surface area contributed by atoms with Crippen LogP contribution in [0.1, 0.15) is 21.9 Å². The number of ether oxygens (including phenoxy) is 2. The van der Waals surface area contributed by atoms with E-state index < -0.39 is 5.97 Å². The molecule has 126 valence electrons. The van der Waals surface area contributed by atoms with E-state index in [2.05, 4.69) is 20.2 Å². The molecule has 3 rings (SSSR count). The van der Waals surface area contributed by atoms with Crippen molar-refractivity contribution in [3.8, 4) is 11.6 Å². The lowest BCUT2D eigenvalue weighted by atomic mass is 10.3. The average Bonchev–Trinajstić information content (AvgIpc) is 2.62. The summed E-state index contributed by atoms with van der Waals surface area (Å²) >= 11 is 0. The number of aryl methyl sites for hydroxylation is 1. The number of esters is 1. The molecule has 0 saturated heterocycles. The van der Waals surface area contributed by atoms with Crippen LogP contribution in [0.25, 0.3) is 0 Å². The van der Waals surface area contributed by atoms with Crippen LogP contribution in [-0.4, -0.2) is 26.1 Å². The van der Waals surface area contributed by atoms with E-state index in [1.807, 2.05) is 18.2 Å². The number of aromatic nitrogens is 4. The number of benzene rings is 1. The maximum atomic E-state index is 12.0. The molecule has 0 aliphatic rings. The Kier molecular flexibility index (Phi) is 4.79. The van der Waals surface area contributed by atoms with Crippen LogP contribution in [0.15, 0.2) is 53.6 Å². The Bertz CT molecular complexity index is 923. The van der Waals surface area contributed by atoms with E-state index in [1.165, 1.54) is 18.5 Å². The van der Waals surface area contributed by atoms with Crippen LogP contribution < -0.4 is 10.2 Å². The molecular weight excluding hydrogens is 324 g/mol. The molecule has 3 aromatic rings. The summed E-state index contributed by atoms with van der Waals surface area (Å²) in [6.07, 6.45) is 2.56. The predicted molar refractivity (Wildman–Crippen MR) is 87.3 cm³/mol. The van der Waals surface area contributed by atoms with Crippen LogP contribution in [0.5, 0.6) is 11.6 Å². The highest BCUT2D eigenvalue weighted by molar-refractivity contribution is 5.86. The van der Waals surface area contributed by atoms with Gasteiger partial charge >= 0.3 is 5.97 Å². The molecule has 8 heteroatoms. The minimum absolute atomic E-state index is 0.00366. The standard InChI is InChI=1S/C17H14N4O4/c1-11-7-15(22)14(21-20-11)10-24-17(23)13-8-19-16(9-18-13)25-12-5-3-2-4-6-12/h2-9H,10H2,1H3,(H,20,22). The number of hydrogen-bond donors (Lipinski definition) is 1. The fraction of sp³-hybridized carbons (Fsp3) is 0.118. The first kappa shape index (κ1) is 16.3. The third-order valence-corrected chi connectivity index (χ3v) is 3.14. The van der Waals surface area contributed by atoms with E-state index in [9.17, 15) is 9.59 Å². The Morgan fingerprint density at radius 3 is 2.64 bits per heavy atom. The van der Waals surface area contributed by atoms with Crippen LogP contribution in [0.3, 0.4) is 0 Å². The molecule has 1 aromatic carbocycles. The van der Waals surface area contributed by atoms with E-state index in [-0.39, 0.29) is 29.3 Å². The molecule has 1 N–H and O–H groups in total. The van der Waals surface area contributed by atoms with Gasteiger partial charge in [0.1, 0.15) is 18.1 Å². The van der Waals surface area contributed by atoms with Gasteiger partial charge in [0.2, 0.25) is 11.3 Å². The second-order valence-corrected chi connectivity index (χ2v) is 5.09. The zero-order valence-corrected chi connectivity index (χ0v) is 13.3. The predicted octanol–water partition coefficient (Wildman–Crippen LogP) is 2.02. The van der Waals surface area contributed by atoms with Crippen molar-refractivity contribution in [2.45, 2.75) is 13.5 Å². The fourth-order valence-electron chi connectivity index (χ4n) is 1.92. The van der Waals surface area contributed by atoms with Gasteiger partial charge in [-0.1, -0.05) is 18.2 Å². The van der Waals surface area contributed by atoms with Crippen LogP contribution >= 0.6 is 0 Å². The van der Waals surface area contributed by atoms with Gasteiger partial charge in [0.05, 0.1) is 12.4 Å². The highest BCUT2D eigenvalue weighted by Gasteiger charge is 2.12. The summed E-state index contributed by atoms with van der Waals surface area (Å²) in [7, 11) is 0. The van der Waals surface area contributed by atoms with E-state index in [0.29, 0.717) is 11.4 Å². The number of carbonyl (C=O) groups is 1. The smallest absolute Gasteiger partial charge is 0.358 e. The number of para-hydroxylation sites is 1. The zero-order valence-electron chi connectivity index (χ0n) is 13.3. The minimum Gasteiger partial charge on any atom is -0.454 e. The van der Waals surface area contributed by atoms with E-state index >= 15 is 0 Å². The number of hydrogen-bond acceptors (Lipinski definition) is 7. The zero-order chi connectivity index (χ0) is 17.6. The maximum Gasteiger partial charge on any atom is 0.358 e. The van der Waals surface area contributed by atoms with E-state index in [0.717, 1.165) is 0 Å². The maximum absolute atomic E-state index is 12.0. The molecule has 0 aliphatic heterocycles. The number of rotatable bonds is 5. The number of nitrogens with one attached hydrogen (secondary N) is 1. The van der Waals surface area contributed by atoms with Gasteiger partial charge in [0.15, 0.2) is 5.69 Å². The highest BCUT2D eigenvalue weighted by atomic mass is 16.5. The van der Waals surface area contributed by atoms with Gasteiger partial charge < -0.3 is 9.47 Å². The molecule has 0 spiro atoms. The van der Waals surface area contributed by atoms with Gasteiger partial charge in [-0.15, -0.1) is 0 Å². The molecule has 0 atom stereocenters. The van der Waals surface area contributed by atoms with Gasteiger partial charge in [-0.05, 0) is 19.1 Å². The summed E-state index contributed by atoms with van der Waals surface area (Å²) in [5.74, 6) is 0.150. The molecule has 0 fully saturated rings. The molecule has 8 nitrogen and oxygen atoms in total. The normalized spacial score (nSPS) is 10.3. The van der Waals surface area contributed by atoms with Gasteiger partial charge in [-0.3, -0.25) is 9.89 Å². The summed E-state index contributed by atoms with van der Waals surface area (Å²) in [4.78, 5) is 31.6. The number of carbonyl (C=O) groups excluding carboxylic acids is 1. The van der Waals surface area contributed by atoms with Crippen LogP contribution in [0.4, 0.5) is 0 Å². The Labute approximate surface area is 142 Å².